The Morgan fingerprint density at radius 2 is 2.29 bits per heavy atom. The van der Waals surface area contributed by atoms with E-state index in [0.717, 1.165) is 10.7 Å². The van der Waals surface area contributed by atoms with Crippen LogP contribution in [0.15, 0.2) is 0 Å². The van der Waals surface area contributed by atoms with Crippen molar-refractivity contribution < 1.29 is 17.9 Å². The molecule has 0 aromatic heterocycles. The van der Waals surface area contributed by atoms with Crippen LogP contribution in [-0.4, -0.2) is 56.2 Å². The molecule has 6 nitrogen and oxygen atoms in total. The predicted molar refractivity (Wildman–Crippen MR) is 64.3 cm³/mol. The van der Waals surface area contributed by atoms with Crippen LogP contribution < -0.4 is 5.32 Å². The molecule has 1 fully saturated rings. The normalized spacial score (nSPS) is 22.4. The minimum Gasteiger partial charge on any atom is -0.378 e. The second-order valence-corrected chi connectivity index (χ2v) is 6.22. The van der Waals surface area contributed by atoms with E-state index >= 15 is 0 Å². The summed E-state index contributed by atoms with van der Waals surface area (Å²) in [4.78, 5) is 11.8. The lowest BCUT2D eigenvalue weighted by molar-refractivity contribution is -0.129. The van der Waals surface area contributed by atoms with Crippen LogP contribution in [0.3, 0.4) is 0 Å². The summed E-state index contributed by atoms with van der Waals surface area (Å²) < 4.78 is 29.7. The molecule has 1 aliphatic rings. The molecule has 1 atom stereocenters. The van der Waals surface area contributed by atoms with E-state index in [2.05, 4.69) is 5.32 Å². The fourth-order valence-corrected chi connectivity index (χ4v) is 2.95. The molecule has 8 heteroatoms. The van der Waals surface area contributed by atoms with Gasteiger partial charge in [-0.3, -0.25) is 4.79 Å². The summed E-state index contributed by atoms with van der Waals surface area (Å²) in [6.07, 6.45) is 0.793. The number of hydrogen-bond acceptors (Lipinski definition) is 4. The highest BCUT2D eigenvalue weighted by Crippen LogP contribution is 2.14. The zero-order valence-electron chi connectivity index (χ0n) is 9.69. The number of ether oxygens (including phenoxy) is 1. The number of halogens is 1. The standard InChI is InChI=1S/C9H17ClN2O4S/c1-2-3-11-9(13)8-6-16-5-4-12(8)17(14,15)7-10/h8H,2-7H2,1H3,(H,11,13). The minimum absolute atomic E-state index is 0.0751. The van der Waals surface area contributed by atoms with Gasteiger partial charge in [0.2, 0.25) is 15.9 Å². The van der Waals surface area contributed by atoms with E-state index in [0.29, 0.717) is 6.54 Å². The quantitative estimate of drug-likeness (QED) is 0.706. The van der Waals surface area contributed by atoms with Gasteiger partial charge in [0.15, 0.2) is 0 Å². The Morgan fingerprint density at radius 3 is 2.88 bits per heavy atom. The van der Waals surface area contributed by atoms with Crippen LogP contribution in [0, 0.1) is 0 Å². The fraction of sp³-hybridized carbons (Fsp3) is 0.889. The van der Waals surface area contributed by atoms with Crippen LogP contribution in [0.2, 0.25) is 0 Å². The van der Waals surface area contributed by atoms with Crippen LogP contribution in [0.25, 0.3) is 0 Å². The number of nitrogens with one attached hydrogen (secondary N) is 1. The molecule has 17 heavy (non-hydrogen) atoms. The second-order valence-electron chi connectivity index (χ2n) is 3.71. The lowest BCUT2D eigenvalue weighted by Crippen LogP contribution is -2.56. The van der Waals surface area contributed by atoms with Crippen molar-refractivity contribution in [3.05, 3.63) is 0 Å². The maximum atomic E-state index is 11.8. The lowest BCUT2D eigenvalue weighted by Gasteiger charge is -2.32. The summed E-state index contributed by atoms with van der Waals surface area (Å²) in [7, 11) is -3.58. The summed E-state index contributed by atoms with van der Waals surface area (Å²) in [6.45, 7) is 2.97. The largest absolute Gasteiger partial charge is 0.378 e. The predicted octanol–water partition coefficient (Wildman–Crippen LogP) is -0.260. The molecule has 1 amide bonds. The molecule has 1 aliphatic heterocycles. The molecule has 1 saturated heterocycles. The SMILES string of the molecule is CCCNC(=O)C1COCCN1S(=O)(=O)CCl. The Bertz CT molecular complexity index is 360. The molecule has 1 N–H and O–H groups in total. The van der Waals surface area contributed by atoms with Gasteiger partial charge >= 0.3 is 0 Å². The molecule has 100 valence electrons. The topological polar surface area (TPSA) is 75.7 Å². The van der Waals surface area contributed by atoms with Gasteiger partial charge in [0.1, 0.15) is 11.3 Å². The molecular formula is C9H17ClN2O4S. The third-order valence-corrected chi connectivity index (χ3v) is 4.68. The van der Waals surface area contributed by atoms with E-state index in [1.165, 1.54) is 0 Å². The Kier molecular flexibility index (Phi) is 5.64. The number of carbonyl (C=O) groups excluding carboxylic acids is 1. The number of hydrogen-bond donors (Lipinski definition) is 1. The van der Waals surface area contributed by atoms with Crippen molar-refractivity contribution in [3.8, 4) is 0 Å². The Hall–Kier alpha value is -0.370. The number of rotatable bonds is 5. The van der Waals surface area contributed by atoms with Gasteiger partial charge < -0.3 is 10.1 Å². The third-order valence-electron chi connectivity index (χ3n) is 2.43. The van der Waals surface area contributed by atoms with E-state index in [1.807, 2.05) is 6.92 Å². The number of nitrogens with zero attached hydrogens (tertiary/aromatic N) is 1. The molecule has 1 heterocycles. The van der Waals surface area contributed by atoms with Gasteiger partial charge in [0.25, 0.3) is 0 Å². The molecule has 0 saturated carbocycles. The first-order valence-electron chi connectivity index (χ1n) is 5.44. The monoisotopic (exact) mass is 284 g/mol. The molecule has 0 spiro atoms. The molecule has 0 bridgehead atoms. The maximum Gasteiger partial charge on any atom is 0.240 e. The lowest BCUT2D eigenvalue weighted by atomic mass is 10.2. The average molecular weight is 285 g/mol. The summed E-state index contributed by atoms with van der Waals surface area (Å²) in [5, 5.41) is 2.14. The highest BCUT2D eigenvalue weighted by atomic mass is 35.5. The number of carbonyl (C=O) groups is 1. The van der Waals surface area contributed by atoms with Crippen molar-refractivity contribution in [2.45, 2.75) is 19.4 Å². The van der Waals surface area contributed by atoms with E-state index < -0.39 is 21.3 Å². The highest BCUT2D eigenvalue weighted by Gasteiger charge is 2.36. The summed E-state index contributed by atoms with van der Waals surface area (Å²) in [5.74, 6) is -0.333. The van der Waals surface area contributed by atoms with Crippen molar-refractivity contribution in [3.63, 3.8) is 0 Å². The number of sulfonamides is 1. The van der Waals surface area contributed by atoms with Gasteiger partial charge in [-0.2, -0.15) is 4.31 Å². The Labute approximate surface area is 106 Å². The van der Waals surface area contributed by atoms with Crippen LogP contribution in [-0.2, 0) is 19.6 Å². The van der Waals surface area contributed by atoms with Crippen LogP contribution in [0.4, 0.5) is 0 Å². The zero-order chi connectivity index (χ0) is 12.9. The number of amides is 1. The van der Waals surface area contributed by atoms with Crippen molar-refractivity contribution >= 4 is 27.5 Å². The van der Waals surface area contributed by atoms with Gasteiger partial charge in [-0.1, -0.05) is 6.92 Å². The first kappa shape index (κ1) is 14.7. The van der Waals surface area contributed by atoms with Crippen LogP contribution >= 0.6 is 11.6 Å². The van der Waals surface area contributed by atoms with Gasteiger partial charge in [0.05, 0.1) is 13.2 Å². The van der Waals surface area contributed by atoms with Crippen LogP contribution in [0.1, 0.15) is 13.3 Å². The smallest absolute Gasteiger partial charge is 0.240 e. The van der Waals surface area contributed by atoms with Gasteiger partial charge in [-0.25, -0.2) is 8.42 Å². The van der Waals surface area contributed by atoms with E-state index in [9.17, 15) is 13.2 Å². The molecule has 1 unspecified atom stereocenters. The van der Waals surface area contributed by atoms with E-state index in [1.54, 1.807) is 0 Å². The van der Waals surface area contributed by atoms with E-state index in [4.69, 9.17) is 16.3 Å². The number of alkyl halides is 1. The molecule has 0 aromatic rings. The summed E-state index contributed by atoms with van der Waals surface area (Å²) >= 11 is 5.40. The molecular weight excluding hydrogens is 268 g/mol. The van der Waals surface area contributed by atoms with Gasteiger partial charge in [-0.15, -0.1) is 11.6 Å². The first-order chi connectivity index (χ1) is 8.03. The second kappa shape index (κ2) is 6.53. The number of morpholine rings is 1. The molecule has 0 radical (unpaired) electrons. The summed E-state index contributed by atoms with van der Waals surface area (Å²) in [5.41, 5.74) is 0. The van der Waals surface area contributed by atoms with Gasteiger partial charge in [0, 0.05) is 13.1 Å². The summed E-state index contributed by atoms with van der Waals surface area (Å²) in [6, 6.07) is -0.806. The average Bonchev–Trinajstić information content (AvgIpc) is 2.36. The zero-order valence-corrected chi connectivity index (χ0v) is 11.3. The van der Waals surface area contributed by atoms with E-state index in [-0.39, 0.29) is 25.7 Å². The van der Waals surface area contributed by atoms with Crippen molar-refractivity contribution in [1.29, 1.82) is 0 Å². The van der Waals surface area contributed by atoms with Crippen LogP contribution in [0.5, 0.6) is 0 Å². The maximum absolute atomic E-state index is 11.8. The van der Waals surface area contributed by atoms with Crippen molar-refractivity contribution in [1.82, 2.24) is 9.62 Å². The highest BCUT2D eigenvalue weighted by molar-refractivity contribution is 7.90. The molecule has 1 rings (SSSR count). The van der Waals surface area contributed by atoms with Gasteiger partial charge in [-0.05, 0) is 6.42 Å². The molecule has 0 aliphatic carbocycles. The third kappa shape index (κ3) is 3.80. The van der Waals surface area contributed by atoms with Crippen molar-refractivity contribution in [2.24, 2.45) is 0 Å². The Balaban J connectivity index is 2.76. The first-order valence-corrected chi connectivity index (χ1v) is 7.58. The minimum atomic E-state index is -3.58. The van der Waals surface area contributed by atoms with Crippen molar-refractivity contribution in [2.75, 3.05) is 31.5 Å². The fourth-order valence-electron chi connectivity index (χ4n) is 1.56. The Morgan fingerprint density at radius 1 is 1.59 bits per heavy atom. The molecule has 0 aromatic carbocycles.